The molecule has 108 valence electrons. The van der Waals surface area contributed by atoms with Gasteiger partial charge in [-0.2, -0.15) is 0 Å². The van der Waals surface area contributed by atoms with Crippen molar-refractivity contribution in [1.82, 2.24) is 0 Å². The highest BCUT2D eigenvalue weighted by Gasteiger charge is 2.19. The van der Waals surface area contributed by atoms with E-state index in [-0.39, 0.29) is 10.4 Å². The molecule has 0 aliphatic heterocycles. The molecule has 0 radical (unpaired) electrons. The van der Waals surface area contributed by atoms with Gasteiger partial charge in [-0.15, -0.1) is 11.3 Å². The fourth-order valence-corrected chi connectivity index (χ4v) is 3.09. The Hall–Kier alpha value is -0.900. The Morgan fingerprint density at radius 2 is 1.95 bits per heavy atom. The van der Waals surface area contributed by atoms with Crippen LogP contribution in [-0.4, -0.2) is 5.11 Å². The van der Waals surface area contributed by atoms with Gasteiger partial charge in [0.1, 0.15) is 5.82 Å². The number of aliphatic hydroxyl groups excluding tert-OH is 1. The lowest BCUT2D eigenvalue weighted by Gasteiger charge is -2.15. The molecule has 2 rings (SSSR count). The Bertz CT molecular complexity index is 601. The lowest BCUT2D eigenvalue weighted by Crippen LogP contribution is -2.07. The summed E-state index contributed by atoms with van der Waals surface area (Å²) >= 11 is 7.26. The minimum absolute atomic E-state index is 0.0784. The van der Waals surface area contributed by atoms with Crippen LogP contribution >= 0.6 is 22.9 Å². The van der Waals surface area contributed by atoms with E-state index in [1.54, 1.807) is 17.4 Å². The molecule has 1 atom stereocenters. The first-order chi connectivity index (χ1) is 9.27. The predicted octanol–water partition coefficient (Wildman–Crippen LogP) is 5.11. The van der Waals surface area contributed by atoms with Crippen LogP contribution in [-0.2, 0) is 11.8 Å². The molecule has 1 heterocycles. The number of rotatable bonds is 3. The smallest absolute Gasteiger partial charge is 0.142 e. The van der Waals surface area contributed by atoms with Gasteiger partial charge in [0.25, 0.3) is 0 Å². The number of benzene rings is 1. The van der Waals surface area contributed by atoms with Gasteiger partial charge in [0, 0.05) is 16.2 Å². The van der Waals surface area contributed by atoms with Crippen molar-refractivity contribution >= 4 is 22.9 Å². The fourth-order valence-electron chi connectivity index (χ4n) is 1.93. The van der Waals surface area contributed by atoms with E-state index in [1.165, 1.54) is 17.0 Å². The molecule has 1 aromatic heterocycles. The van der Waals surface area contributed by atoms with E-state index in [1.807, 2.05) is 12.1 Å². The summed E-state index contributed by atoms with van der Waals surface area (Å²) in [4.78, 5) is 2.14. The number of hydrogen-bond acceptors (Lipinski definition) is 2. The van der Waals surface area contributed by atoms with Gasteiger partial charge in [-0.3, -0.25) is 0 Å². The molecule has 1 unspecified atom stereocenters. The van der Waals surface area contributed by atoms with Gasteiger partial charge < -0.3 is 5.11 Å². The molecular weight excluding hydrogens is 295 g/mol. The maximum atomic E-state index is 13.4. The van der Waals surface area contributed by atoms with Gasteiger partial charge >= 0.3 is 0 Å². The van der Waals surface area contributed by atoms with E-state index in [2.05, 4.69) is 20.8 Å². The second-order valence-corrected chi connectivity index (χ2v) is 7.44. The standard InChI is InChI=1S/C16H18ClFOS/c1-16(2,3)15-7-6-14(20-15)13(19)9-10-4-5-11(17)12(18)8-10/h4-8,13,19H,9H2,1-3H3. The molecule has 2 aromatic rings. The Morgan fingerprint density at radius 1 is 1.25 bits per heavy atom. The van der Waals surface area contributed by atoms with Gasteiger partial charge in [0.05, 0.1) is 11.1 Å². The molecular formula is C16H18ClFOS. The van der Waals surface area contributed by atoms with Crippen LogP contribution in [0.3, 0.4) is 0 Å². The van der Waals surface area contributed by atoms with Gasteiger partial charge in [-0.1, -0.05) is 38.4 Å². The van der Waals surface area contributed by atoms with Crippen molar-refractivity contribution in [3.8, 4) is 0 Å². The normalized spacial score (nSPS) is 13.5. The molecule has 4 heteroatoms. The lowest BCUT2D eigenvalue weighted by molar-refractivity contribution is 0.182. The molecule has 1 N–H and O–H groups in total. The largest absolute Gasteiger partial charge is 0.387 e. The first kappa shape index (κ1) is 15.5. The zero-order valence-electron chi connectivity index (χ0n) is 11.8. The Labute approximate surface area is 128 Å². The van der Waals surface area contributed by atoms with Crippen molar-refractivity contribution in [3.63, 3.8) is 0 Å². The van der Waals surface area contributed by atoms with Crippen molar-refractivity contribution in [2.75, 3.05) is 0 Å². The van der Waals surface area contributed by atoms with Gasteiger partial charge in [-0.05, 0) is 35.2 Å². The summed E-state index contributed by atoms with van der Waals surface area (Å²) in [5, 5.41) is 10.4. The third-order valence-electron chi connectivity index (χ3n) is 3.11. The predicted molar refractivity (Wildman–Crippen MR) is 83.1 cm³/mol. The monoisotopic (exact) mass is 312 g/mol. The van der Waals surface area contributed by atoms with Crippen LogP contribution in [0.5, 0.6) is 0 Å². The van der Waals surface area contributed by atoms with Crippen molar-refractivity contribution in [1.29, 1.82) is 0 Å². The molecule has 0 spiro atoms. The number of hydrogen-bond donors (Lipinski definition) is 1. The van der Waals surface area contributed by atoms with Crippen LogP contribution in [0.1, 0.15) is 42.2 Å². The molecule has 0 saturated heterocycles. The first-order valence-electron chi connectivity index (χ1n) is 6.49. The SMILES string of the molecule is CC(C)(C)c1ccc(C(O)Cc2ccc(Cl)c(F)c2)s1. The van der Waals surface area contributed by atoms with Crippen LogP contribution in [0.2, 0.25) is 5.02 Å². The zero-order valence-corrected chi connectivity index (χ0v) is 13.4. The molecule has 0 aliphatic rings. The molecule has 20 heavy (non-hydrogen) atoms. The zero-order chi connectivity index (χ0) is 14.9. The summed E-state index contributed by atoms with van der Waals surface area (Å²) in [7, 11) is 0. The van der Waals surface area contributed by atoms with E-state index in [4.69, 9.17) is 11.6 Å². The van der Waals surface area contributed by atoms with Crippen LogP contribution in [0.25, 0.3) is 0 Å². The van der Waals surface area contributed by atoms with Crippen molar-refractivity contribution < 1.29 is 9.50 Å². The van der Waals surface area contributed by atoms with Crippen molar-refractivity contribution in [2.24, 2.45) is 0 Å². The second-order valence-electron chi connectivity index (χ2n) is 5.92. The molecule has 0 amide bonds. The molecule has 1 aromatic carbocycles. The maximum Gasteiger partial charge on any atom is 0.142 e. The van der Waals surface area contributed by atoms with Crippen molar-refractivity contribution in [2.45, 2.75) is 38.7 Å². The second kappa shape index (κ2) is 5.84. The average Bonchev–Trinajstić information content (AvgIpc) is 2.83. The number of thiophene rings is 1. The fraction of sp³-hybridized carbons (Fsp3) is 0.375. The minimum atomic E-state index is -0.614. The van der Waals surface area contributed by atoms with Crippen LogP contribution < -0.4 is 0 Å². The Kier molecular flexibility index (Phi) is 4.52. The van der Waals surface area contributed by atoms with Crippen LogP contribution in [0.4, 0.5) is 4.39 Å². The number of halogens is 2. The summed E-state index contributed by atoms with van der Waals surface area (Å²) in [6.07, 6.45) is -0.227. The Balaban J connectivity index is 2.13. The highest BCUT2D eigenvalue weighted by Crippen LogP contribution is 2.33. The summed E-state index contributed by atoms with van der Waals surface area (Å²) in [6, 6.07) is 8.64. The topological polar surface area (TPSA) is 20.2 Å². The van der Waals surface area contributed by atoms with Crippen LogP contribution in [0, 0.1) is 5.82 Å². The first-order valence-corrected chi connectivity index (χ1v) is 7.69. The molecule has 0 fully saturated rings. The van der Waals surface area contributed by atoms with Crippen molar-refractivity contribution in [3.05, 3.63) is 56.5 Å². The highest BCUT2D eigenvalue weighted by molar-refractivity contribution is 7.12. The van der Waals surface area contributed by atoms with Gasteiger partial charge in [0.15, 0.2) is 0 Å². The summed E-state index contributed by atoms with van der Waals surface area (Å²) in [6.45, 7) is 6.43. The van der Waals surface area contributed by atoms with Crippen LogP contribution in [0.15, 0.2) is 30.3 Å². The average molecular weight is 313 g/mol. The third kappa shape index (κ3) is 3.60. The molecule has 0 saturated carbocycles. The van der Waals surface area contributed by atoms with E-state index in [9.17, 15) is 9.50 Å². The maximum absolute atomic E-state index is 13.4. The van der Waals surface area contributed by atoms with E-state index >= 15 is 0 Å². The van der Waals surface area contributed by atoms with Gasteiger partial charge in [-0.25, -0.2) is 4.39 Å². The quantitative estimate of drug-likeness (QED) is 0.834. The van der Waals surface area contributed by atoms with E-state index in [0.29, 0.717) is 6.42 Å². The Morgan fingerprint density at radius 3 is 2.50 bits per heavy atom. The summed E-state index contributed by atoms with van der Waals surface area (Å²) in [5.74, 6) is -0.446. The summed E-state index contributed by atoms with van der Waals surface area (Å²) in [5.41, 5.74) is 0.819. The molecule has 0 bridgehead atoms. The minimum Gasteiger partial charge on any atom is -0.387 e. The summed E-state index contributed by atoms with van der Waals surface area (Å²) < 4.78 is 13.4. The number of aliphatic hydroxyl groups is 1. The van der Waals surface area contributed by atoms with E-state index in [0.717, 1.165) is 10.4 Å². The van der Waals surface area contributed by atoms with Gasteiger partial charge in [0.2, 0.25) is 0 Å². The third-order valence-corrected chi connectivity index (χ3v) is 5.03. The molecule has 1 nitrogen and oxygen atoms in total. The van der Waals surface area contributed by atoms with E-state index < -0.39 is 11.9 Å². The molecule has 0 aliphatic carbocycles. The highest BCUT2D eigenvalue weighted by atomic mass is 35.5. The lowest BCUT2D eigenvalue weighted by atomic mass is 9.95.